The topological polar surface area (TPSA) is 63.6 Å². The van der Waals surface area contributed by atoms with Crippen molar-refractivity contribution in [1.29, 1.82) is 0 Å². The number of hydrogen-bond donors (Lipinski definition) is 1. The van der Waals surface area contributed by atoms with E-state index in [2.05, 4.69) is 21.9 Å². The van der Waals surface area contributed by atoms with Gasteiger partial charge in [0.15, 0.2) is 11.2 Å². The van der Waals surface area contributed by atoms with Gasteiger partial charge in [-0.15, -0.1) is 0 Å². The highest BCUT2D eigenvalue weighted by molar-refractivity contribution is 6.28. The number of unbranched alkanes of at least 4 members (excludes halogenated alkanes) is 1. The van der Waals surface area contributed by atoms with Crippen molar-refractivity contribution in [2.45, 2.75) is 26.3 Å². The largest absolute Gasteiger partial charge is 0.315 e. The molecule has 1 N–H and O–H groups in total. The van der Waals surface area contributed by atoms with Crippen LogP contribution in [0.1, 0.15) is 19.8 Å². The van der Waals surface area contributed by atoms with Crippen LogP contribution in [-0.2, 0) is 6.54 Å². The number of halogens is 1. The van der Waals surface area contributed by atoms with Crippen LogP contribution >= 0.6 is 11.6 Å². The number of nitrogens with one attached hydrogen (secondary N) is 1. The molecule has 6 heteroatoms. The minimum absolute atomic E-state index is 0.103. The zero-order valence-corrected chi connectivity index (χ0v) is 9.08. The average molecular weight is 227 g/mol. The first-order valence-electron chi connectivity index (χ1n) is 4.83. The van der Waals surface area contributed by atoms with Gasteiger partial charge in [-0.1, -0.05) is 13.3 Å². The molecule has 0 amide bonds. The molecule has 80 valence electrons. The van der Waals surface area contributed by atoms with Crippen LogP contribution in [0.15, 0.2) is 11.1 Å². The highest BCUT2D eigenvalue weighted by Crippen LogP contribution is 2.08. The molecule has 15 heavy (non-hydrogen) atoms. The fourth-order valence-electron chi connectivity index (χ4n) is 1.42. The maximum atomic E-state index is 11.4. The third-order valence-electron chi connectivity index (χ3n) is 2.20. The number of H-pyrrole nitrogens is 1. The normalized spacial score (nSPS) is 11.1. The molecule has 5 nitrogen and oxygen atoms in total. The number of aromatic amines is 1. The summed E-state index contributed by atoms with van der Waals surface area (Å²) >= 11 is 5.68. The minimum Gasteiger partial charge on any atom is -0.315 e. The minimum atomic E-state index is -0.291. The summed E-state index contributed by atoms with van der Waals surface area (Å²) in [6.45, 7) is 2.91. The Bertz CT molecular complexity index is 530. The summed E-state index contributed by atoms with van der Waals surface area (Å²) in [7, 11) is 0. The molecule has 0 saturated carbocycles. The van der Waals surface area contributed by atoms with E-state index in [1.165, 1.54) is 0 Å². The number of aromatic nitrogens is 4. The van der Waals surface area contributed by atoms with Crippen molar-refractivity contribution in [1.82, 2.24) is 19.5 Å². The van der Waals surface area contributed by atoms with Crippen LogP contribution in [0, 0.1) is 0 Å². The van der Waals surface area contributed by atoms with Crippen molar-refractivity contribution in [2.75, 3.05) is 0 Å². The van der Waals surface area contributed by atoms with E-state index in [-0.39, 0.29) is 10.8 Å². The molecule has 0 aliphatic heterocycles. The number of fused-ring (bicyclic) bond motifs is 1. The molecular formula is C9H11ClN4O. The molecular weight excluding hydrogens is 216 g/mol. The van der Waals surface area contributed by atoms with E-state index < -0.39 is 0 Å². The maximum Gasteiger partial charge on any atom is 0.280 e. The third kappa shape index (κ3) is 1.87. The highest BCUT2D eigenvalue weighted by Gasteiger charge is 2.08. The number of rotatable bonds is 3. The maximum absolute atomic E-state index is 11.4. The molecule has 0 bridgehead atoms. The molecule has 2 aromatic rings. The molecule has 0 aromatic carbocycles. The third-order valence-corrected chi connectivity index (χ3v) is 2.38. The van der Waals surface area contributed by atoms with Crippen LogP contribution < -0.4 is 5.56 Å². The van der Waals surface area contributed by atoms with Crippen LogP contribution in [0.25, 0.3) is 11.2 Å². The van der Waals surface area contributed by atoms with Crippen LogP contribution in [-0.4, -0.2) is 19.5 Å². The van der Waals surface area contributed by atoms with Gasteiger partial charge in [-0.25, -0.2) is 4.98 Å². The van der Waals surface area contributed by atoms with Crippen LogP contribution in [0.2, 0.25) is 5.28 Å². The Labute approximate surface area is 91.1 Å². The first kappa shape index (κ1) is 10.2. The number of hydrogen-bond acceptors (Lipinski definition) is 3. The second kappa shape index (κ2) is 4.02. The fraction of sp³-hybridized carbons (Fsp3) is 0.444. The predicted octanol–water partition coefficient (Wildman–Crippen LogP) is 1.57. The lowest BCUT2D eigenvalue weighted by Gasteiger charge is -2.00. The molecule has 0 aliphatic carbocycles. The van der Waals surface area contributed by atoms with E-state index in [1.807, 2.05) is 4.57 Å². The second-order valence-corrected chi connectivity index (χ2v) is 3.68. The molecule has 2 heterocycles. The quantitative estimate of drug-likeness (QED) is 0.809. The lowest BCUT2D eigenvalue weighted by Crippen LogP contribution is -2.09. The van der Waals surface area contributed by atoms with Gasteiger partial charge in [0.2, 0.25) is 5.28 Å². The summed E-state index contributed by atoms with van der Waals surface area (Å²) < 4.78 is 1.85. The smallest absolute Gasteiger partial charge is 0.280 e. The Hall–Kier alpha value is -1.36. The van der Waals surface area contributed by atoms with Gasteiger partial charge in [0.1, 0.15) is 0 Å². The van der Waals surface area contributed by atoms with E-state index in [9.17, 15) is 4.79 Å². The standard InChI is InChI=1S/C9H11ClN4O/c1-2-3-4-14-5-11-6-7(14)12-9(10)13-8(6)15/h5H,2-4H2,1H3,(H,12,13,15). The SMILES string of the molecule is CCCCn1cnc2c(=O)[nH]c(Cl)nc21. The molecule has 0 fully saturated rings. The zero-order valence-electron chi connectivity index (χ0n) is 8.33. The van der Waals surface area contributed by atoms with Crippen molar-refractivity contribution < 1.29 is 0 Å². The summed E-state index contributed by atoms with van der Waals surface area (Å²) in [6.07, 6.45) is 3.73. The zero-order chi connectivity index (χ0) is 10.8. The Balaban J connectivity index is 2.53. The molecule has 0 radical (unpaired) electrons. The van der Waals surface area contributed by atoms with Crippen molar-refractivity contribution in [2.24, 2.45) is 0 Å². The van der Waals surface area contributed by atoms with Crippen LogP contribution in [0.4, 0.5) is 0 Å². The van der Waals surface area contributed by atoms with Crippen molar-refractivity contribution in [3.8, 4) is 0 Å². The number of aryl methyl sites for hydroxylation is 1. The summed E-state index contributed by atoms with van der Waals surface area (Å²) in [6, 6.07) is 0. The van der Waals surface area contributed by atoms with Crippen molar-refractivity contribution in [3.63, 3.8) is 0 Å². The van der Waals surface area contributed by atoms with Gasteiger partial charge < -0.3 is 4.57 Å². The van der Waals surface area contributed by atoms with Crippen molar-refractivity contribution >= 4 is 22.8 Å². The molecule has 0 atom stereocenters. The molecule has 0 aliphatic rings. The Morgan fingerprint density at radius 1 is 1.60 bits per heavy atom. The molecule has 0 unspecified atom stereocenters. The molecule has 0 spiro atoms. The lowest BCUT2D eigenvalue weighted by molar-refractivity contribution is 0.641. The number of nitrogens with zero attached hydrogens (tertiary/aromatic N) is 3. The van der Waals surface area contributed by atoms with E-state index in [0.29, 0.717) is 11.2 Å². The van der Waals surface area contributed by atoms with Crippen LogP contribution in [0.5, 0.6) is 0 Å². The summed E-state index contributed by atoms with van der Waals surface area (Å²) in [5.74, 6) is 0. The van der Waals surface area contributed by atoms with Gasteiger partial charge in [0, 0.05) is 6.54 Å². The van der Waals surface area contributed by atoms with Gasteiger partial charge in [0.25, 0.3) is 5.56 Å². The summed E-state index contributed by atoms with van der Waals surface area (Å²) in [4.78, 5) is 21.9. The van der Waals surface area contributed by atoms with Gasteiger partial charge in [-0.2, -0.15) is 4.98 Å². The average Bonchev–Trinajstić information content (AvgIpc) is 2.58. The van der Waals surface area contributed by atoms with Gasteiger partial charge in [0.05, 0.1) is 6.33 Å². The molecule has 2 rings (SSSR count). The van der Waals surface area contributed by atoms with Gasteiger partial charge >= 0.3 is 0 Å². The first-order chi connectivity index (χ1) is 7.22. The summed E-state index contributed by atoms with van der Waals surface area (Å²) in [5.41, 5.74) is 0.605. The molecule has 2 aromatic heterocycles. The van der Waals surface area contributed by atoms with E-state index in [0.717, 1.165) is 19.4 Å². The highest BCUT2D eigenvalue weighted by atomic mass is 35.5. The van der Waals surface area contributed by atoms with E-state index >= 15 is 0 Å². The predicted molar refractivity (Wildman–Crippen MR) is 58.1 cm³/mol. The number of imidazole rings is 1. The Morgan fingerprint density at radius 3 is 3.13 bits per heavy atom. The van der Waals surface area contributed by atoms with E-state index in [1.54, 1.807) is 6.33 Å². The fourth-order valence-corrected chi connectivity index (χ4v) is 1.59. The second-order valence-electron chi connectivity index (χ2n) is 3.32. The van der Waals surface area contributed by atoms with Crippen molar-refractivity contribution in [3.05, 3.63) is 22.0 Å². The molecule has 0 saturated heterocycles. The summed E-state index contributed by atoms with van der Waals surface area (Å²) in [5, 5.41) is 0.103. The lowest BCUT2D eigenvalue weighted by atomic mass is 10.3. The van der Waals surface area contributed by atoms with Crippen LogP contribution in [0.3, 0.4) is 0 Å². The van der Waals surface area contributed by atoms with Gasteiger partial charge in [-0.05, 0) is 18.0 Å². The monoisotopic (exact) mass is 226 g/mol. The van der Waals surface area contributed by atoms with Gasteiger partial charge in [-0.3, -0.25) is 9.78 Å². The first-order valence-corrected chi connectivity index (χ1v) is 5.21. The Kier molecular flexibility index (Phi) is 2.73. The Morgan fingerprint density at radius 2 is 2.40 bits per heavy atom. The van der Waals surface area contributed by atoms with E-state index in [4.69, 9.17) is 11.6 Å².